The molecule has 2 amide bonds. The molecule has 2 aromatic rings. The Morgan fingerprint density at radius 3 is 2.52 bits per heavy atom. The Balaban J connectivity index is 1.70. The van der Waals surface area contributed by atoms with E-state index in [1.165, 1.54) is 24.3 Å². The van der Waals surface area contributed by atoms with Gasteiger partial charge in [-0.05, 0) is 29.4 Å². The van der Waals surface area contributed by atoms with Gasteiger partial charge in [0.1, 0.15) is 5.69 Å². The van der Waals surface area contributed by atoms with Crippen LogP contribution < -0.4 is 31.6 Å². The maximum absolute atomic E-state index is 12.5. The molecule has 0 saturated heterocycles. The molecular weight excluding hydrogens is 436 g/mol. The number of nitroso groups, excluding NO2 is 1. The van der Waals surface area contributed by atoms with Gasteiger partial charge < -0.3 is 36.7 Å². The lowest BCUT2D eigenvalue weighted by atomic mass is 10.0. The van der Waals surface area contributed by atoms with Crippen molar-refractivity contribution >= 4 is 35.1 Å². The third kappa shape index (κ3) is 5.94. The van der Waals surface area contributed by atoms with Gasteiger partial charge in [-0.25, -0.2) is 4.99 Å². The first-order valence-electron chi connectivity index (χ1n) is 9.52. The van der Waals surface area contributed by atoms with Gasteiger partial charge in [0.15, 0.2) is 17.5 Å². The van der Waals surface area contributed by atoms with Crippen LogP contribution in [0.3, 0.4) is 0 Å². The molecule has 0 radical (unpaired) electrons. The SMILES string of the molecule is NC(N)=Nc1cccc(C(=O)NCC(=O)NC(CC(=O)O)c2cc3c(cc2N=O)OCO3)c1. The lowest BCUT2D eigenvalue weighted by Gasteiger charge is -2.19. The van der Waals surface area contributed by atoms with Crippen LogP contribution >= 0.6 is 0 Å². The molecular formula is C20H20N6O7. The Morgan fingerprint density at radius 1 is 1.12 bits per heavy atom. The van der Waals surface area contributed by atoms with Crippen LogP contribution in [-0.4, -0.2) is 42.2 Å². The number of benzene rings is 2. The van der Waals surface area contributed by atoms with Crippen molar-refractivity contribution < 1.29 is 29.0 Å². The van der Waals surface area contributed by atoms with Crippen LogP contribution in [0.1, 0.15) is 28.4 Å². The second kappa shape index (κ2) is 10.1. The van der Waals surface area contributed by atoms with E-state index >= 15 is 0 Å². The number of carboxylic acids is 1. The summed E-state index contributed by atoms with van der Waals surface area (Å²) in [5.41, 5.74) is 11.2. The highest BCUT2D eigenvalue weighted by molar-refractivity contribution is 5.97. The summed E-state index contributed by atoms with van der Waals surface area (Å²) in [6.45, 7) is -0.528. The van der Waals surface area contributed by atoms with Crippen molar-refractivity contribution in [2.45, 2.75) is 12.5 Å². The number of hydrogen-bond donors (Lipinski definition) is 5. The van der Waals surface area contributed by atoms with E-state index in [1.54, 1.807) is 12.1 Å². The van der Waals surface area contributed by atoms with Gasteiger partial charge in [0.2, 0.25) is 12.7 Å². The van der Waals surface area contributed by atoms with Gasteiger partial charge in [0.05, 0.1) is 24.7 Å². The summed E-state index contributed by atoms with van der Waals surface area (Å²) < 4.78 is 10.4. The van der Waals surface area contributed by atoms with Crippen LogP contribution in [0.25, 0.3) is 0 Å². The molecule has 0 aliphatic carbocycles. The van der Waals surface area contributed by atoms with Crippen LogP contribution in [0.5, 0.6) is 11.5 Å². The van der Waals surface area contributed by atoms with Crippen molar-refractivity contribution in [1.29, 1.82) is 0 Å². The number of aliphatic imine (C=N–C) groups is 1. The lowest BCUT2D eigenvalue weighted by Crippen LogP contribution is -2.39. The van der Waals surface area contributed by atoms with E-state index in [0.29, 0.717) is 5.69 Å². The largest absolute Gasteiger partial charge is 0.481 e. The first kappa shape index (κ1) is 23.0. The molecule has 0 fully saturated rings. The first-order chi connectivity index (χ1) is 15.8. The lowest BCUT2D eigenvalue weighted by molar-refractivity contribution is -0.137. The Labute approximate surface area is 186 Å². The normalized spacial score (nSPS) is 12.4. The molecule has 3 rings (SSSR count). The van der Waals surface area contributed by atoms with Crippen molar-refractivity contribution in [2.75, 3.05) is 13.3 Å². The molecule has 2 aromatic carbocycles. The smallest absolute Gasteiger partial charge is 0.305 e. The quantitative estimate of drug-likeness (QED) is 0.205. The van der Waals surface area contributed by atoms with Gasteiger partial charge in [0.25, 0.3) is 5.91 Å². The number of nitrogens with two attached hydrogens (primary N) is 2. The third-order valence-corrected chi connectivity index (χ3v) is 4.49. The molecule has 0 saturated carbocycles. The Hall–Kier alpha value is -4.68. The van der Waals surface area contributed by atoms with Crippen LogP contribution in [0.15, 0.2) is 46.6 Å². The number of nitrogens with zero attached hydrogens (tertiary/aromatic N) is 2. The monoisotopic (exact) mass is 456 g/mol. The molecule has 7 N–H and O–H groups in total. The first-order valence-corrected chi connectivity index (χ1v) is 9.52. The fourth-order valence-electron chi connectivity index (χ4n) is 3.09. The van der Waals surface area contributed by atoms with Crippen molar-refractivity contribution in [1.82, 2.24) is 10.6 Å². The van der Waals surface area contributed by atoms with Crippen LogP contribution in [0.2, 0.25) is 0 Å². The van der Waals surface area contributed by atoms with Crippen molar-refractivity contribution in [3.63, 3.8) is 0 Å². The predicted molar refractivity (Wildman–Crippen MR) is 115 cm³/mol. The molecule has 33 heavy (non-hydrogen) atoms. The minimum Gasteiger partial charge on any atom is -0.481 e. The highest BCUT2D eigenvalue weighted by Gasteiger charge is 2.26. The molecule has 0 bridgehead atoms. The zero-order chi connectivity index (χ0) is 24.0. The molecule has 172 valence electrons. The Morgan fingerprint density at radius 2 is 1.85 bits per heavy atom. The third-order valence-electron chi connectivity index (χ3n) is 4.49. The highest BCUT2D eigenvalue weighted by Crippen LogP contribution is 2.41. The number of carbonyl (C=O) groups is 3. The summed E-state index contributed by atoms with van der Waals surface area (Å²) in [6, 6.07) is 7.66. The van der Waals surface area contributed by atoms with E-state index in [-0.39, 0.29) is 41.1 Å². The number of carbonyl (C=O) groups excluding carboxylic acids is 2. The topological polar surface area (TPSA) is 208 Å². The molecule has 1 aliphatic heterocycles. The average molecular weight is 456 g/mol. The molecule has 1 aliphatic rings. The number of aliphatic carboxylic acids is 1. The van der Waals surface area contributed by atoms with Gasteiger partial charge >= 0.3 is 5.97 Å². The van der Waals surface area contributed by atoms with E-state index in [9.17, 15) is 24.4 Å². The summed E-state index contributed by atoms with van der Waals surface area (Å²) in [5.74, 6) is -2.10. The van der Waals surface area contributed by atoms with Crippen LogP contribution in [-0.2, 0) is 9.59 Å². The van der Waals surface area contributed by atoms with Crippen LogP contribution in [0.4, 0.5) is 11.4 Å². The fourth-order valence-corrected chi connectivity index (χ4v) is 3.09. The summed E-state index contributed by atoms with van der Waals surface area (Å²) in [5, 5.41) is 17.1. The minimum atomic E-state index is -1.23. The van der Waals surface area contributed by atoms with Gasteiger partial charge in [-0.2, -0.15) is 0 Å². The van der Waals surface area contributed by atoms with Gasteiger partial charge in [0, 0.05) is 17.2 Å². The average Bonchev–Trinajstić information content (AvgIpc) is 3.23. The van der Waals surface area contributed by atoms with Crippen molar-refractivity contribution in [3.05, 3.63) is 52.4 Å². The number of carboxylic acid groups (broad SMARTS) is 1. The summed E-state index contributed by atoms with van der Waals surface area (Å²) >= 11 is 0. The fraction of sp³-hybridized carbons (Fsp3) is 0.200. The number of amides is 2. The molecule has 13 heteroatoms. The zero-order valence-electron chi connectivity index (χ0n) is 17.1. The second-order valence-corrected chi connectivity index (χ2v) is 6.84. The van der Waals surface area contributed by atoms with E-state index in [0.717, 1.165) is 0 Å². The molecule has 1 unspecified atom stereocenters. The molecule has 1 atom stereocenters. The van der Waals surface area contributed by atoms with E-state index in [4.69, 9.17) is 20.9 Å². The standard InChI is InChI=1S/C20H20N6O7/c21-20(22)24-11-3-1-2-10(4-11)19(30)23-8-17(27)25-13(7-18(28)29)12-5-15-16(33-9-32-15)6-14(12)26-31/h1-6,13H,7-9H2,(H,23,30)(H,25,27)(H,28,29)(H4,21,22,24). The highest BCUT2D eigenvalue weighted by atomic mass is 16.7. The van der Waals surface area contributed by atoms with Crippen molar-refractivity contribution in [3.8, 4) is 11.5 Å². The summed E-state index contributed by atoms with van der Waals surface area (Å²) in [4.78, 5) is 51.3. The second-order valence-electron chi connectivity index (χ2n) is 6.84. The minimum absolute atomic E-state index is 0.0660. The zero-order valence-corrected chi connectivity index (χ0v) is 17.1. The van der Waals surface area contributed by atoms with Gasteiger partial charge in [-0.1, -0.05) is 6.07 Å². The Kier molecular flexibility index (Phi) is 7.03. The number of rotatable bonds is 9. The maximum Gasteiger partial charge on any atom is 0.305 e. The summed E-state index contributed by atoms with van der Waals surface area (Å²) in [6.07, 6.45) is -0.539. The maximum atomic E-state index is 12.5. The Bertz CT molecular complexity index is 1130. The number of fused-ring (bicyclic) bond motifs is 1. The summed E-state index contributed by atoms with van der Waals surface area (Å²) in [7, 11) is 0. The van der Waals surface area contributed by atoms with Gasteiger partial charge in [-0.3, -0.25) is 14.4 Å². The van der Waals surface area contributed by atoms with Crippen LogP contribution in [0, 0.1) is 4.91 Å². The number of nitrogens with one attached hydrogen (secondary N) is 2. The molecule has 0 spiro atoms. The van der Waals surface area contributed by atoms with Gasteiger partial charge in [-0.15, -0.1) is 4.91 Å². The molecule has 13 nitrogen and oxygen atoms in total. The molecule has 1 heterocycles. The number of guanidine groups is 1. The molecule has 0 aromatic heterocycles. The van der Waals surface area contributed by atoms with E-state index in [2.05, 4.69) is 20.8 Å². The van der Waals surface area contributed by atoms with Crippen molar-refractivity contribution in [2.24, 2.45) is 21.6 Å². The van der Waals surface area contributed by atoms with E-state index in [1.807, 2.05) is 0 Å². The van der Waals surface area contributed by atoms with E-state index < -0.39 is 36.8 Å². The number of hydrogen-bond acceptors (Lipinski definition) is 8. The predicted octanol–water partition coefficient (Wildman–Crippen LogP) is 0.780. The number of ether oxygens (including phenoxy) is 2.